The molecule has 9 heteroatoms. The van der Waals surface area contributed by atoms with Gasteiger partial charge in [-0.25, -0.2) is 0 Å². The van der Waals surface area contributed by atoms with E-state index in [1.54, 1.807) is 19.1 Å². The second-order valence-corrected chi connectivity index (χ2v) is 6.15. The van der Waals surface area contributed by atoms with Crippen LogP contribution in [0.5, 0.6) is 5.75 Å². The average molecular weight is 368 g/mol. The van der Waals surface area contributed by atoms with Gasteiger partial charge in [0.15, 0.2) is 12.3 Å². The SMILES string of the molecule is Cc1ccc(CNC(=O)c2n[nH]c3c2CNCC3)c(OCC(F)(F)F)c1. The Hall–Kier alpha value is -2.55. The monoisotopic (exact) mass is 368 g/mol. The highest BCUT2D eigenvalue weighted by molar-refractivity contribution is 5.94. The van der Waals surface area contributed by atoms with Crippen LogP contribution in [0.4, 0.5) is 13.2 Å². The Labute approximate surface area is 148 Å². The number of fused-ring (bicyclic) bond motifs is 1. The van der Waals surface area contributed by atoms with E-state index in [-0.39, 0.29) is 18.2 Å². The van der Waals surface area contributed by atoms with Gasteiger partial charge in [-0.3, -0.25) is 9.89 Å². The fourth-order valence-corrected chi connectivity index (χ4v) is 2.77. The van der Waals surface area contributed by atoms with Crippen molar-refractivity contribution in [2.24, 2.45) is 0 Å². The van der Waals surface area contributed by atoms with Gasteiger partial charge in [0.05, 0.1) is 0 Å². The van der Waals surface area contributed by atoms with Crippen molar-refractivity contribution in [3.05, 3.63) is 46.3 Å². The molecular formula is C17H19F3N4O2. The summed E-state index contributed by atoms with van der Waals surface area (Å²) in [7, 11) is 0. The van der Waals surface area contributed by atoms with Gasteiger partial charge in [-0.2, -0.15) is 18.3 Å². The van der Waals surface area contributed by atoms with E-state index < -0.39 is 12.8 Å². The first-order valence-corrected chi connectivity index (χ1v) is 8.17. The first kappa shape index (κ1) is 18.2. The Morgan fingerprint density at radius 1 is 1.38 bits per heavy atom. The van der Waals surface area contributed by atoms with Gasteiger partial charge in [-0.1, -0.05) is 12.1 Å². The molecule has 1 aromatic carbocycles. The molecule has 3 rings (SSSR count). The topological polar surface area (TPSA) is 79.0 Å². The number of hydrogen-bond acceptors (Lipinski definition) is 4. The molecule has 0 unspecified atom stereocenters. The summed E-state index contributed by atoms with van der Waals surface area (Å²) in [5, 5.41) is 12.8. The average Bonchev–Trinajstić information content (AvgIpc) is 3.02. The third-order valence-corrected chi connectivity index (χ3v) is 4.07. The van der Waals surface area contributed by atoms with Gasteiger partial charge in [0.25, 0.3) is 5.91 Å². The van der Waals surface area contributed by atoms with Crippen molar-refractivity contribution in [2.45, 2.75) is 32.6 Å². The van der Waals surface area contributed by atoms with E-state index in [2.05, 4.69) is 20.8 Å². The molecule has 0 saturated carbocycles. The van der Waals surface area contributed by atoms with E-state index in [1.165, 1.54) is 6.07 Å². The Bertz CT molecular complexity index is 802. The molecule has 0 fully saturated rings. The molecule has 0 aliphatic carbocycles. The number of benzene rings is 1. The van der Waals surface area contributed by atoms with E-state index >= 15 is 0 Å². The Morgan fingerprint density at radius 2 is 2.19 bits per heavy atom. The minimum Gasteiger partial charge on any atom is -0.484 e. The standard InChI is InChI=1S/C17H19F3N4O2/c1-10-2-3-11(14(6-10)26-9-17(18,19)20)7-22-16(25)15-12-8-21-5-4-13(12)23-24-15/h2-3,6,21H,4-5,7-9H2,1H3,(H,22,25)(H,23,24). The Morgan fingerprint density at radius 3 is 2.96 bits per heavy atom. The number of rotatable bonds is 5. The first-order chi connectivity index (χ1) is 12.3. The minimum absolute atomic E-state index is 0.0430. The predicted molar refractivity (Wildman–Crippen MR) is 87.9 cm³/mol. The van der Waals surface area contributed by atoms with Crippen molar-refractivity contribution in [1.82, 2.24) is 20.8 Å². The van der Waals surface area contributed by atoms with Crippen LogP contribution in [-0.2, 0) is 19.5 Å². The number of aryl methyl sites for hydroxylation is 1. The van der Waals surface area contributed by atoms with Gasteiger partial charge in [0, 0.05) is 42.9 Å². The summed E-state index contributed by atoms with van der Waals surface area (Å²) in [6, 6.07) is 4.92. The maximum Gasteiger partial charge on any atom is 0.422 e. The highest BCUT2D eigenvalue weighted by Crippen LogP contribution is 2.24. The summed E-state index contributed by atoms with van der Waals surface area (Å²) in [4.78, 5) is 12.4. The number of ether oxygens (including phenoxy) is 1. The van der Waals surface area contributed by atoms with Crippen LogP contribution < -0.4 is 15.4 Å². The van der Waals surface area contributed by atoms with E-state index in [9.17, 15) is 18.0 Å². The minimum atomic E-state index is -4.43. The van der Waals surface area contributed by atoms with Gasteiger partial charge in [0.1, 0.15) is 5.75 Å². The lowest BCUT2D eigenvalue weighted by Gasteiger charge is -2.15. The molecule has 0 saturated heterocycles. The molecule has 140 valence electrons. The van der Waals surface area contributed by atoms with Crippen LogP contribution >= 0.6 is 0 Å². The van der Waals surface area contributed by atoms with E-state index in [0.717, 1.165) is 29.8 Å². The molecule has 1 aromatic heterocycles. The number of halogens is 3. The molecule has 0 radical (unpaired) electrons. The summed E-state index contributed by atoms with van der Waals surface area (Å²) in [6.45, 7) is 1.79. The van der Waals surface area contributed by atoms with Crippen LogP contribution in [0.3, 0.4) is 0 Å². The van der Waals surface area contributed by atoms with Crippen LogP contribution in [0.2, 0.25) is 0 Å². The number of nitrogens with zero attached hydrogens (tertiary/aromatic N) is 1. The van der Waals surface area contributed by atoms with Crippen molar-refractivity contribution in [3.8, 4) is 5.75 Å². The molecule has 26 heavy (non-hydrogen) atoms. The summed E-state index contributed by atoms with van der Waals surface area (Å²) >= 11 is 0. The molecule has 6 nitrogen and oxygen atoms in total. The van der Waals surface area contributed by atoms with Gasteiger partial charge in [0.2, 0.25) is 0 Å². The van der Waals surface area contributed by atoms with Crippen molar-refractivity contribution < 1.29 is 22.7 Å². The van der Waals surface area contributed by atoms with Crippen LogP contribution in [-0.4, -0.2) is 35.4 Å². The third-order valence-electron chi connectivity index (χ3n) is 4.07. The van der Waals surface area contributed by atoms with Crippen LogP contribution in [0, 0.1) is 6.92 Å². The predicted octanol–water partition coefficient (Wildman–Crippen LogP) is 2.23. The highest BCUT2D eigenvalue weighted by Gasteiger charge is 2.29. The number of carbonyl (C=O) groups is 1. The number of amides is 1. The third kappa shape index (κ3) is 4.34. The van der Waals surface area contributed by atoms with Gasteiger partial charge >= 0.3 is 6.18 Å². The lowest BCUT2D eigenvalue weighted by atomic mass is 10.1. The van der Waals surface area contributed by atoms with E-state index in [0.29, 0.717) is 17.8 Å². The maximum atomic E-state index is 12.4. The second kappa shape index (κ2) is 7.36. The zero-order valence-electron chi connectivity index (χ0n) is 14.2. The fourth-order valence-electron chi connectivity index (χ4n) is 2.77. The molecule has 2 aromatic rings. The zero-order chi connectivity index (χ0) is 18.7. The van der Waals surface area contributed by atoms with Crippen molar-refractivity contribution in [3.63, 3.8) is 0 Å². The van der Waals surface area contributed by atoms with Crippen LogP contribution in [0.25, 0.3) is 0 Å². The number of hydrogen-bond donors (Lipinski definition) is 3. The molecule has 1 aliphatic rings. The number of aromatic nitrogens is 2. The van der Waals surface area contributed by atoms with Gasteiger partial charge in [-0.05, 0) is 18.6 Å². The highest BCUT2D eigenvalue weighted by atomic mass is 19.4. The molecule has 1 aliphatic heterocycles. The number of nitrogens with one attached hydrogen (secondary N) is 3. The number of H-pyrrole nitrogens is 1. The zero-order valence-corrected chi connectivity index (χ0v) is 14.2. The number of aromatic amines is 1. The molecule has 0 atom stereocenters. The molecular weight excluding hydrogens is 349 g/mol. The smallest absolute Gasteiger partial charge is 0.422 e. The Kier molecular flexibility index (Phi) is 5.17. The molecule has 0 spiro atoms. The summed E-state index contributed by atoms with van der Waals surface area (Å²) < 4.78 is 42.2. The van der Waals surface area contributed by atoms with Crippen LogP contribution in [0.15, 0.2) is 18.2 Å². The summed E-state index contributed by atoms with van der Waals surface area (Å²) in [5.41, 5.74) is 3.29. The number of alkyl halides is 3. The largest absolute Gasteiger partial charge is 0.484 e. The summed E-state index contributed by atoms with van der Waals surface area (Å²) in [5.74, 6) is -0.276. The van der Waals surface area contributed by atoms with Gasteiger partial charge < -0.3 is 15.4 Å². The van der Waals surface area contributed by atoms with E-state index in [1.807, 2.05) is 0 Å². The van der Waals surface area contributed by atoms with Crippen molar-refractivity contribution in [1.29, 1.82) is 0 Å². The normalized spacial score (nSPS) is 14.0. The second-order valence-electron chi connectivity index (χ2n) is 6.15. The molecule has 0 bridgehead atoms. The lowest BCUT2D eigenvalue weighted by molar-refractivity contribution is -0.153. The lowest BCUT2D eigenvalue weighted by Crippen LogP contribution is -2.28. The van der Waals surface area contributed by atoms with Crippen molar-refractivity contribution in [2.75, 3.05) is 13.2 Å². The Balaban J connectivity index is 1.69. The van der Waals surface area contributed by atoms with Gasteiger partial charge in [-0.15, -0.1) is 0 Å². The number of carbonyl (C=O) groups excluding carboxylic acids is 1. The van der Waals surface area contributed by atoms with Crippen molar-refractivity contribution >= 4 is 5.91 Å². The molecule has 2 heterocycles. The quantitative estimate of drug-likeness (QED) is 0.756. The fraction of sp³-hybridized carbons (Fsp3) is 0.412. The van der Waals surface area contributed by atoms with Crippen LogP contribution in [0.1, 0.15) is 32.9 Å². The first-order valence-electron chi connectivity index (χ1n) is 8.17. The van der Waals surface area contributed by atoms with E-state index in [4.69, 9.17) is 4.74 Å². The maximum absolute atomic E-state index is 12.4. The summed E-state index contributed by atoms with van der Waals surface area (Å²) in [6.07, 6.45) is -3.66. The molecule has 3 N–H and O–H groups in total. The molecule has 1 amide bonds.